The number of hydrogen-bond donors (Lipinski definition) is 2. The van der Waals surface area contributed by atoms with Crippen molar-refractivity contribution in [1.29, 1.82) is 0 Å². The summed E-state index contributed by atoms with van der Waals surface area (Å²) < 4.78 is 0. The minimum absolute atomic E-state index is 0.00940. The SMILES string of the molecule is Cc1ccc(C(O)CN2C(=O)NC3(CCC3)C2=O)cc1. The van der Waals surface area contributed by atoms with Crippen molar-refractivity contribution in [2.45, 2.75) is 37.8 Å². The molecule has 1 spiro atoms. The van der Waals surface area contributed by atoms with E-state index >= 15 is 0 Å². The Kier molecular flexibility index (Phi) is 3.01. The highest BCUT2D eigenvalue weighted by Gasteiger charge is 2.54. The van der Waals surface area contributed by atoms with E-state index < -0.39 is 11.6 Å². The molecule has 1 aliphatic carbocycles. The average molecular weight is 274 g/mol. The smallest absolute Gasteiger partial charge is 0.325 e. The highest BCUT2D eigenvalue weighted by molar-refractivity contribution is 6.07. The molecule has 2 fully saturated rings. The normalized spacial score (nSPS) is 21.8. The van der Waals surface area contributed by atoms with Gasteiger partial charge in [0.1, 0.15) is 5.54 Å². The van der Waals surface area contributed by atoms with Gasteiger partial charge in [0.2, 0.25) is 0 Å². The van der Waals surface area contributed by atoms with Crippen LogP contribution in [0.3, 0.4) is 0 Å². The molecule has 2 N–H and O–H groups in total. The van der Waals surface area contributed by atoms with E-state index in [-0.39, 0.29) is 18.5 Å². The zero-order chi connectivity index (χ0) is 14.3. The van der Waals surface area contributed by atoms with Crippen LogP contribution < -0.4 is 5.32 Å². The highest BCUT2D eigenvalue weighted by atomic mass is 16.3. The third kappa shape index (κ3) is 1.98. The standard InChI is InChI=1S/C15H18N2O3/c1-10-3-5-11(6-4-10)12(18)9-17-13(19)15(7-2-8-15)16-14(17)20/h3-6,12,18H,2,7-9H2,1H3,(H,16,20). The summed E-state index contributed by atoms with van der Waals surface area (Å²) in [6.45, 7) is 1.98. The quantitative estimate of drug-likeness (QED) is 0.821. The second kappa shape index (κ2) is 4.59. The molecular weight excluding hydrogens is 256 g/mol. The molecule has 106 valence electrons. The van der Waals surface area contributed by atoms with Gasteiger partial charge in [-0.15, -0.1) is 0 Å². The lowest BCUT2D eigenvalue weighted by Gasteiger charge is -2.35. The molecule has 20 heavy (non-hydrogen) atoms. The molecule has 0 bridgehead atoms. The molecule has 1 atom stereocenters. The summed E-state index contributed by atoms with van der Waals surface area (Å²) in [6, 6.07) is 7.05. The lowest BCUT2D eigenvalue weighted by Crippen LogP contribution is -2.52. The van der Waals surface area contributed by atoms with Gasteiger partial charge in [-0.1, -0.05) is 29.8 Å². The Hall–Kier alpha value is -1.88. The van der Waals surface area contributed by atoms with Gasteiger partial charge < -0.3 is 10.4 Å². The minimum Gasteiger partial charge on any atom is -0.387 e. The second-order valence-electron chi connectivity index (χ2n) is 5.71. The van der Waals surface area contributed by atoms with Crippen molar-refractivity contribution in [2.75, 3.05) is 6.54 Å². The van der Waals surface area contributed by atoms with Gasteiger partial charge in [-0.05, 0) is 31.7 Å². The van der Waals surface area contributed by atoms with Crippen LogP contribution >= 0.6 is 0 Å². The Morgan fingerprint density at radius 2 is 1.95 bits per heavy atom. The fraction of sp³-hybridized carbons (Fsp3) is 0.467. The Bertz CT molecular complexity index is 549. The molecule has 1 aliphatic heterocycles. The molecule has 0 radical (unpaired) electrons. The van der Waals surface area contributed by atoms with E-state index in [1.54, 1.807) is 0 Å². The van der Waals surface area contributed by atoms with Gasteiger partial charge in [0.15, 0.2) is 0 Å². The maximum atomic E-state index is 12.3. The number of hydrogen-bond acceptors (Lipinski definition) is 3. The van der Waals surface area contributed by atoms with E-state index in [0.29, 0.717) is 18.4 Å². The molecular formula is C15H18N2O3. The molecule has 0 aromatic heterocycles. The van der Waals surface area contributed by atoms with Crippen LogP contribution in [0.1, 0.15) is 36.5 Å². The van der Waals surface area contributed by atoms with Crippen LogP contribution in [0.5, 0.6) is 0 Å². The number of β-amino-alcohol motifs (C(OH)–C–C–N with tert-alkyl or cyclic N) is 1. The van der Waals surface area contributed by atoms with E-state index in [1.807, 2.05) is 31.2 Å². The molecule has 1 aromatic rings. The number of carbonyl (C=O) groups excluding carboxylic acids is 2. The average Bonchev–Trinajstić information content (AvgIpc) is 2.64. The van der Waals surface area contributed by atoms with E-state index in [1.165, 1.54) is 0 Å². The van der Waals surface area contributed by atoms with Crippen LogP contribution in [-0.2, 0) is 4.79 Å². The number of benzene rings is 1. The zero-order valence-corrected chi connectivity index (χ0v) is 11.4. The molecule has 1 heterocycles. The summed E-state index contributed by atoms with van der Waals surface area (Å²) in [5.41, 5.74) is 1.14. The monoisotopic (exact) mass is 274 g/mol. The Balaban J connectivity index is 1.72. The van der Waals surface area contributed by atoms with E-state index in [9.17, 15) is 14.7 Å². The van der Waals surface area contributed by atoms with E-state index in [0.717, 1.165) is 16.9 Å². The lowest BCUT2D eigenvalue weighted by molar-refractivity contribution is -0.135. The number of urea groups is 1. The minimum atomic E-state index is -0.847. The van der Waals surface area contributed by atoms with Crippen LogP contribution in [0.4, 0.5) is 4.79 Å². The van der Waals surface area contributed by atoms with Gasteiger partial charge in [-0.25, -0.2) is 4.79 Å². The topological polar surface area (TPSA) is 69.6 Å². The molecule has 3 rings (SSSR count). The number of aliphatic hydroxyl groups is 1. The molecule has 2 aliphatic rings. The van der Waals surface area contributed by atoms with E-state index in [4.69, 9.17) is 0 Å². The number of rotatable bonds is 3. The summed E-state index contributed by atoms with van der Waals surface area (Å²) >= 11 is 0. The van der Waals surface area contributed by atoms with Crippen LogP contribution in [0, 0.1) is 6.92 Å². The van der Waals surface area contributed by atoms with Crippen LogP contribution in [0.15, 0.2) is 24.3 Å². The highest BCUT2D eigenvalue weighted by Crippen LogP contribution is 2.37. The predicted molar refractivity (Wildman–Crippen MR) is 73.0 cm³/mol. The number of imide groups is 1. The molecule has 3 amide bonds. The maximum Gasteiger partial charge on any atom is 0.325 e. The van der Waals surface area contributed by atoms with Gasteiger partial charge in [-0.2, -0.15) is 0 Å². The summed E-state index contributed by atoms with van der Waals surface area (Å²) in [5, 5.41) is 13.0. The second-order valence-corrected chi connectivity index (χ2v) is 5.71. The Morgan fingerprint density at radius 1 is 1.30 bits per heavy atom. The first kappa shape index (κ1) is 13.1. The van der Waals surface area contributed by atoms with Crippen molar-refractivity contribution in [1.82, 2.24) is 10.2 Å². The molecule has 1 saturated heterocycles. The fourth-order valence-electron chi connectivity index (χ4n) is 2.78. The van der Waals surface area contributed by atoms with Crippen molar-refractivity contribution in [2.24, 2.45) is 0 Å². The number of aliphatic hydroxyl groups excluding tert-OH is 1. The van der Waals surface area contributed by atoms with Crippen molar-refractivity contribution in [3.8, 4) is 0 Å². The fourth-order valence-corrected chi connectivity index (χ4v) is 2.78. The van der Waals surface area contributed by atoms with Crippen molar-refractivity contribution in [3.05, 3.63) is 35.4 Å². The van der Waals surface area contributed by atoms with Crippen LogP contribution in [0.25, 0.3) is 0 Å². The summed E-state index contributed by atoms with van der Waals surface area (Å²) in [4.78, 5) is 25.3. The number of nitrogens with zero attached hydrogens (tertiary/aromatic N) is 1. The largest absolute Gasteiger partial charge is 0.387 e. The first-order valence-corrected chi connectivity index (χ1v) is 6.91. The summed E-state index contributed by atoms with van der Waals surface area (Å²) in [6.07, 6.45) is 1.52. The van der Waals surface area contributed by atoms with Gasteiger partial charge in [0.05, 0.1) is 12.6 Å². The zero-order valence-electron chi connectivity index (χ0n) is 11.4. The Morgan fingerprint density at radius 3 is 2.45 bits per heavy atom. The third-order valence-electron chi connectivity index (χ3n) is 4.27. The van der Waals surface area contributed by atoms with Crippen molar-refractivity contribution < 1.29 is 14.7 Å². The summed E-state index contributed by atoms with van der Waals surface area (Å²) in [7, 11) is 0. The Labute approximate surface area is 117 Å². The third-order valence-corrected chi connectivity index (χ3v) is 4.27. The van der Waals surface area contributed by atoms with Crippen molar-refractivity contribution in [3.63, 3.8) is 0 Å². The van der Waals surface area contributed by atoms with Gasteiger partial charge >= 0.3 is 6.03 Å². The molecule has 1 saturated carbocycles. The molecule has 1 unspecified atom stereocenters. The number of amides is 3. The van der Waals surface area contributed by atoms with Gasteiger partial charge in [0.25, 0.3) is 5.91 Å². The summed E-state index contributed by atoms with van der Waals surface area (Å²) in [5.74, 6) is -0.195. The first-order valence-electron chi connectivity index (χ1n) is 6.91. The first-order chi connectivity index (χ1) is 9.52. The maximum absolute atomic E-state index is 12.3. The number of nitrogens with one attached hydrogen (secondary N) is 1. The van der Waals surface area contributed by atoms with Gasteiger partial charge in [-0.3, -0.25) is 9.69 Å². The van der Waals surface area contributed by atoms with Crippen LogP contribution in [-0.4, -0.2) is 34.0 Å². The number of carbonyl (C=O) groups is 2. The van der Waals surface area contributed by atoms with Gasteiger partial charge in [0, 0.05) is 0 Å². The van der Waals surface area contributed by atoms with Crippen molar-refractivity contribution >= 4 is 11.9 Å². The molecule has 1 aromatic carbocycles. The molecule has 5 nitrogen and oxygen atoms in total. The molecule has 5 heteroatoms. The lowest BCUT2D eigenvalue weighted by atomic mass is 9.77. The number of aryl methyl sites for hydroxylation is 1. The predicted octanol–water partition coefficient (Wildman–Crippen LogP) is 1.50. The van der Waals surface area contributed by atoms with E-state index in [2.05, 4.69) is 5.32 Å². The van der Waals surface area contributed by atoms with Crippen LogP contribution in [0.2, 0.25) is 0 Å².